The smallest absolute Gasteiger partial charge is 0.0615 e. The van der Waals surface area contributed by atoms with Crippen LogP contribution in [0.4, 0.5) is 0 Å². The monoisotopic (exact) mass is 212 g/mol. The van der Waals surface area contributed by atoms with E-state index in [4.69, 9.17) is 4.74 Å². The Bertz CT molecular complexity index is 194. The Hall–Kier alpha value is -0.0400. The molecule has 0 radical (unpaired) electrons. The van der Waals surface area contributed by atoms with E-state index in [1.54, 1.807) is 0 Å². The quantitative estimate of drug-likeness (QED) is 0.625. The Morgan fingerprint density at radius 2 is 1.40 bits per heavy atom. The summed E-state index contributed by atoms with van der Waals surface area (Å²) in [4.78, 5) is 0. The molecule has 0 N–H and O–H groups in total. The zero-order chi connectivity index (χ0) is 11.7. The van der Waals surface area contributed by atoms with E-state index in [2.05, 4.69) is 41.5 Å². The van der Waals surface area contributed by atoms with Gasteiger partial charge >= 0.3 is 0 Å². The van der Waals surface area contributed by atoms with Crippen molar-refractivity contribution < 1.29 is 4.74 Å². The van der Waals surface area contributed by atoms with Gasteiger partial charge in [-0.1, -0.05) is 33.6 Å². The first-order valence-electron chi connectivity index (χ1n) is 6.38. The van der Waals surface area contributed by atoms with Crippen LogP contribution in [0.2, 0.25) is 0 Å². The maximum atomic E-state index is 6.22. The Balaban J connectivity index is 2.66. The van der Waals surface area contributed by atoms with Crippen molar-refractivity contribution in [3.8, 4) is 0 Å². The van der Waals surface area contributed by atoms with E-state index in [1.165, 1.54) is 25.7 Å². The zero-order valence-electron chi connectivity index (χ0n) is 11.4. The van der Waals surface area contributed by atoms with E-state index in [0.29, 0.717) is 11.5 Å². The maximum absolute atomic E-state index is 6.22. The molecule has 0 aromatic rings. The summed E-state index contributed by atoms with van der Waals surface area (Å²) >= 11 is 0. The van der Waals surface area contributed by atoms with Crippen LogP contribution in [0.5, 0.6) is 0 Å². The highest BCUT2D eigenvalue weighted by Crippen LogP contribution is 2.40. The van der Waals surface area contributed by atoms with Gasteiger partial charge in [0.05, 0.1) is 11.7 Å². The van der Waals surface area contributed by atoms with Crippen LogP contribution in [0.15, 0.2) is 0 Å². The molecule has 1 nitrogen and oxygen atoms in total. The van der Waals surface area contributed by atoms with Crippen molar-refractivity contribution in [2.75, 3.05) is 0 Å². The van der Waals surface area contributed by atoms with E-state index in [-0.39, 0.29) is 5.60 Å². The molecular formula is C14H28O. The molecule has 0 aliphatic heterocycles. The zero-order valence-corrected chi connectivity index (χ0v) is 11.4. The summed E-state index contributed by atoms with van der Waals surface area (Å²) in [7, 11) is 0. The van der Waals surface area contributed by atoms with Gasteiger partial charge in [-0.25, -0.2) is 0 Å². The summed E-state index contributed by atoms with van der Waals surface area (Å²) in [5, 5.41) is 0. The lowest BCUT2D eigenvalue weighted by atomic mass is 9.70. The molecule has 0 amide bonds. The van der Waals surface area contributed by atoms with Gasteiger partial charge in [0, 0.05) is 0 Å². The fraction of sp³-hybridized carbons (Fsp3) is 1.00. The molecule has 15 heavy (non-hydrogen) atoms. The van der Waals surface area contributed by atoms with E-state index in [1.807, 2.05) is 0 Å². The van der Waals surface area contributed by atoms with E-state index < -0.39 is 0 Å². The molecule has 1 heteroatoms. The summed E-state index contributed by atoms with van der Waals surface area (Å²) in [6.07, 6.45) is 5.78. The molecule has 1 saturated carbocycles. The largest absolute Gasteiger partial charge is 0.372 e. The predicted octanol–water partition coefficient (Wildman–Crippen LogP) is 4.41. The van der Waals surface area contributed by atoms with Crippen molar-refractivity contribution in [2.24, 2.45) is 11.3 Å². The summed E-state index contributed by atoms with van der Waals surface area (Å²) in [6.45, 7) is 13.6. The predicted molar refractivity (Wildman–Crippen MR) is 66.0 cm³/mol. The second-order valence-corrected chi connectivity index (χ2v) is 7.03. The second-order valence-electron chi connectivity index (χ2n) is 7.03. The number of hydrogen-bond acceptors (Lipinski definition) is 1. The third-order valence-electron chi connectivity index (χ3n) is 3.32. The van der Waals surface area contributed by atoms with E-state index in [9.17, 15) is 0 Å². The van der Waals surface area contributed by atoms with Gasteiger partial charge in [-0.3, -0.25) is 0 Å². The minimum Gasteiger partial charge on any atom is -0.372 e. The van der Waals surface area contributed by atoms with Crippen molar-refractivity contribution in [3.05, 3.63) is 0 Å². The highest BCUT2D eigenvalue weighted by atomic mass is 16.5. The van der Waals surface area contributed by atoms with Crippen molar-refractivity contribution in [1.82, 2.24) is 0 Å². The summed E-state index contributed by atoms with van der Waals surface area (Å²) in [6, 6.07) is 0. The lowest BCUT2D eigenvalue weighted by molar-refractivity contribution is -0.119. The number of ether oxygens (including phenoxy) is 1. The van der Waals surface area contributed by atoms with Gasteiger partial charge in [0.2, 0.25) is 0 Å². The molecule has 0 aromatic carbocycles. The summed E-state index contributed by atoms with van der Waals surface area (Å²) < 4.78 is 6.22. The molecule has 0 bridgehead atoms. The van der Waals surface area contributed by atoms with Crippen LogP contribution in [0, 0.1) is 11.3 Å². The summed E-state index contributed by atoms with van der Waals surface area (Å²) in [5.74, 6) is 0.727. The lowest BCUT2D eigenvalue weighted by Gasteiger charge is -2.42. The Morgan fingerprint density at radius 1 is 0.867 bits per heavy atom. The molecule has 0 aromatic heterocycles. The Labute approximate surface area is 95.6 Å². The highest BCUT2D eigenvalue weighted by molar-refractivity contribution is 4.86. The van der Waals surface area contributed by atoms with Crippen molar-refractivity contribution in [1.29, 1.82) is 0 Å². The van der Waals surface area contributed by atoms with Crippen LogP contribution in [0.1, 0.15) is 67.2 Å². The fourth-order valence-corrected chi connectivity index (χ4v) is 2.68. The molecule has 0 heterocycles. The van der Waals surface area contributed by atoms with Gasteiger partial charge in [0.25, 0.3) is 0 Å². The maximum Gasteiger partial charge on any atom is 0.0615 e. The molecule has 0 saturated heterocycles. The normalized spacial score (nSPS) is 29.2. The molecule has 1 fully saturated rings. The van der Waals surface area contributed by atoms with Crippen molar-refractivity contribution >= 4 is 0 Å². The van der Waals surface area contributed by atoms with Crippen LogP contribution in [0.25, 0.3) is 0 Å². The molecule has 1 aliphatic carbocycles. The van der Waals surface area contributed by atoms with Gasteiger partial charge in [0.1, 0.15) is 0 Å². The second kappa shape index (κ2) is 4.45. The average molecular weight is 212 g/mol. The molecule has 1 rings (SSSR count). The summed E-state index contributed by atoms with van der Waals surface area (Å²) in [5.41, 5.74) is 0.391. The fourth-order valence-electron chi connectivity index (χ4n) is 2.68. The minimum absolute atomic E-state index is 0.00546. The molecule has 0 spiro atoms. The Morgan fingerprint density at radius 3 is 1.87 bits per heavy atom. The van der Waals surface area contributed by atoms with Crippen LogP contribution in [0.3, 0.4) is 0 Å². The average Bonchev–Trinajstić information content (AvgIpc) is 1.99. The van der Waals surface area contributed by atoms with E-state index in [0.717, 1.165) is 5.92 Å². The van der Waals surface area contributed by atoms with Gasteiger partial charge < -0.3 is 4.74 Å². The molecule has 1 aliphatic rings. The minimum atomic E-state index is 0.00546. The molecule has 2 unspecified atom stereocenters. The van der Waals surface area contributed by atoms with Gasteiger partial charge in [0.15, 0.2) is 0 Å². The van der Waals surface area contributed by atoms with Crippen LogP contribution >= 0.6 is 0 Å². The van der Waals surface area contributed by atoms with Crippen LogP contribution in [-0.4, -0.2) is 11.7 Å². The number of hydrogen-bond donors (Lipinski definition) is 0. The SMILES string of the molecule is CC(C)(C)OC1CCCCC1C(C)(C)C. The van der Waals surface area contributed by atoms with Crippen LogP contribution < -0.4 is 0 Å². The number of rotatable bonds is 1. The van der Waals surface area contributed by atoms with E-state index >= 15 is 0 Å². The van der Waals surface area contributed by atoms with Crippen LogP contribution in [-0.2, 0) is 4.74 Å². The molecule has 2 atom stereocenters. The standard InChI is InChI=1S/C14H28O/c1-13(2,3)11-9-7-8-10-12(11)15-14(4,5)6/h11-12H,7-10H2,1-6H3. The lowest BCUT2D eigenvalue weighted by Crippen LogP contribution is -2.40. The van der Waals surface area contributed by atoms with Gasteiger partial charge in [-0.05, 0) is 44.9 Å². The highest BCUT2D eigenvalue weighted by Gasteiger charge is 2.36. The van der Waals surface area contributed by atoms with Gasteiger partial charge in [-0.2, -0.15) is 0 Å². The first-order chi connectivity index (χ1) is 6.70. The Kier molecular flexibility index (Phi) is 3.86. The van der Waals surface area contributed by atoms with Crippen molar-refractivity contribution in [3.63, 3.8) is 0 Å². The topological polar surface area (TPSA) is 9.23 Å². The first kappa shape index (κ1) is 13.0. The molecular weight excluding hydrogens is 184 g/mol. The third kappa shape index (κ3) is 4.14. The van der Waals surface area contributed by atoms with Gasteiger partial charge in [-0.15, -0.1) is 0 Å². The van der Waals surface area contributed by atoms with Crippen molar-refractivity contribution in [2.45, 2.75) is 78.9 Å². The first-order valence-corrected chi connectivity index (χ1v) is 6.38. The molecule has 90 valence electrons. The third-order valence-corrected chi connectivity index (χ3v) is 3.32.